The van der Waals surface area contributed by atoms with Crippen LogP contribution in [0.5, 0.6) is 0 Å². The van der Waals surface area contributed by atoms with Crippen molar-refractivity contribution in [3.63, 3.8) is 0 Å². The third kappa shape index (κ3) is 2.07. The van der Waals surface area contributed by atoms with Gasteiger partial charge in [0.05, 0.1) is 0 Å². The van der Waals surface area contributed by atoms with E-state index in [0.29, 0.717) is 0 Å². The van der Waals surface area contributed by atoms with Crippen LogP contribution in [-0.4, -0.2) is 6.03 Å². The van der Waals surface area contributed by atoms with E-state index in [4.69, 9.17) is 0 Å². The highest BCUT2D eigenvalue weighted by Crippen LogP contribution is 2.23. The molecule has 0 saturated carbocycles. The maximum absolute atomic E-state index is 11.9. The second kappa shape index (κ2) is 4.53. The van der Waals surface area contributed by atoms with Gasteiger partial charge in [0.1, 0.15) is 0 Å². The largest absolute Gasteiger partial charge is 0.323 e. The molecule has 0 aromatic heterocycles. The lowest BCUT2D eigenvalue weighted by Crippen LogP contribution is -2.19. The molecule has 0 bridgehead atoms. The molecule has 0 saturated heterocycles. The van der Waals surface area contributed by atoms with E-state index in [1.165, 1.54) is 11.1 Å². The van der Waals surface area contributed by atoms with Gasteiger partial charge in [0.25, 0.3) is 0 Å². The zero-order chi connectivity index (χ0) is 12.4. The van der Waals surface area contributed by atoms with E-state index in [-0.39, 0.29) is 6.03 Å². The second-order valence-electron chi connectivity index (χ2n) is 4.39. The fourth-order valence-electron chi connectivity index (χ4n) is 2.27. The molecule has 2 aromatic rings. The number of carbonyl (C=O) groups is 1. The van der Waals surface area contributed by atoms with Gasteiger partial charge in [-0.1, -0.05) is 36.4 Å². The number of anilines is 2. The molecule has 0 aliphatic carbocycles. The van der Waals surface area contributed by atoms with Gasteiger partial charge in [-0.2, -0.15) is 0 Å². The molecular formula is C15H14N2O. The van der Waals surface area contributed by atoms with Gasteiger partial charge in [-0.05, 0) is 36.1 Å². The molecule has 2 amide bonds. The summed E-state index contributed by atoms with van der Waals surface area (Å²) in [6.45, 7) is 0. The Morgan fingerprint density at radius 1 is 0.722 bits per heavy atom. The number of carbonyl (C=O) groups excluding carboxylic acids is 1. The third-order valence-electron chi connectivity index (χ3n) is 3.19. The van der Waals surface area contributed by atoms with E-state index < -0.39 is 0 Å². The number of amides is 2. The number of rotatable bonds is 0. The molecule has 2 N–H and O–H groups in total. The minimum absolute atomic E-state index is 0.184. The van der Waals surface area contributed by atoms with Crippen LogP contribution >= 0.6 is 0 Å². The Morgan fingerprint density at radius 3 is 1.67 bits per heavy atom. The molecule has 0 atom stereocenters. The molecular weight excluding hydrogens is 224 g/mol. The Hall–Kier alpha value is -2.29. The lowest BCUT2D eigenvalue weighted by molar-refractivity contribution is 0.262. The minimum atomic E-state index is -0.184. The summed E-state index contributed by atoms with van der Waals surface area (Å²) in [6.07, 6.45) is 1.85. The average Bonchev–Trinajstić information content (AvgIpc) is 2.45. The molecule has 0 fully saturated rings. The second-order valence-corrected chi connectivity index (χ2v) is 4.39. The van der Waals surface area contributed by atoms with Crippen molar-refractivity contribution >= 4 is 17.4 Å². The standard InChI is InChI=1S/C15H14N2O/c18-15-16-13-7-3-1-5-11(13)9-10-12-6-2-4-8-14(12)17-15/h1-8H,9-10H2,(H2,16,17,18). The van der Waals surface area contributed by atoms with E-state index in [9.17, 15) is 4.79 Å². The minimum Gasteiger partial charge on any atom is -0.307 e. The topological polar surface area (TPSA) is 41.1 Å². The van der Waals surface area contributed by atoms with Crippen LogP contribution in [0.25, 0.3) is 0 Å². The Balaban J connectivity index is 2.01. The number of hydrogen-bond donors (Lipinski definition) is 2. The SMILES string of the molecule is O=C1Nc2ccccc2CCc2ccccc2N1. The number of urea groups is 1. The summed E-state index contributed by atoms with van der Waals surface area (Å²) in [4.78, 5) is 11.9. The predicted molar refractivity (Wildman–Crippen MR) is 72.9 cm³/mol. The molecule has 1 aliphatic heterocycles. The van der Waals surface area contributed by atoms with Crippen LogP contribution in [-0.2, 0) is 12.8 Å². The summed E-state index contributed by atoms with van der Waals surface area (Å²) >= 11 is 0. The molecule has 3 heteroatoms. The van der Waals surface area contributed by atoms with Crippen LogP contribution in [0.2, 0.25) is 0 Å². The van der Waals surface area contributed by atoms with Gasteiger partial charge in [0.15, 0.2) is 0 Å². The molecule has 3 rings (SSSR count). The van der Waals surface area contributed by atoms with Gasteiger partial charge < -0.3 is 10.6 Å². The van der Waals surface area contributed by atoms with Crippen LogP contribution in [0.15, 0.2) is 48.5 Å². The smallest absolute Gasteiger partial charge is 0.307 e. The zero-order valence-electron chi connectivity index (χ0n) is 9.94. The summed E-state index contributed by atoms with van der Waals surface area (Å²) in [5.74, 6) is 0. The molecule has 1 aliphatic rings. The fourth-order valence-corrected chi connectivity index (χ4v) is 2.27. The first kappa shape index (κ1) is 10.8. The Bertz CT molecular complexity index is 541. The predicted octanol–water partition coefficient (Wildman–Crippen LogP) is 3.43. The van der Waals surface area contributed by atoms with E-state index in [1.807, 2.05) is 36.4 Å². The maximum atomic E-state index is 11.9. The Morgan fingerprint density at radius 2 is 1.17 bits per heavy atom. The van der Waals surface area contributed by atoms with E-state index in [1.54, 1.807) is 0 Å². The van der Waals surface area contributed by atoms with Crippen molar-refractivity contribution in [2.45, 2.75) is 12.8 Å². The first-order valence-electron chi connectivity index (χ1n) is 6.07. The molecule has 0 unspecified atom stereocenters. The van der Waals surface area contributed by atoms with E-state index in [2.05, 4.69) is 22.8 Å². The van der Waals surface area contributed by atoms with Gasteiger partial charge in [-0.25, -0.2) is 4.79 Å². The fraction of sp³-hybridized carbons (Fsp3) is 0.133. The highest BCUT2D eigenvalue weighted by atomic mass is 16.2. The summed E-state index contributed by atoms with van der Waals surface area (Å²) in [5, 5.41) is 5.79. The molecule has 18 heavy (non-hydrogen) atoms. The average molecular weight is 238 g/mol. The van der Waals surface area contributed by atoms with Crippen molar-refractivity contribution in [1.82, 2.24) is 0 Å². The van der Waals surface area contributed by atoms with Crippen LogP contribution < -0.4 is 10.6 Å². The first-order valence-corrected chi connectivity index (χ1v) is 6.07. The third-order valence-corrected chi connectivity index (χ3v) is 3.19. The molecule has 90 valence electrons. The molecule has 1 heterocycles. The maximum Gasteiger partial charge on any atom is 0.323 e. The molecule has 0 radical (unpaired) electrons. The number of para-hydroxylation sites is 2. The van der Waals surface area contributed by atoms with Crippen molar-refractivity contribution in [2.24, 2.45) is 0 Å². The van der Waals surface area contributed by atoms with Gasteiger partial charge in [0, 0.05) is 11.4 Å². The van der Waals surface area contributed by atoms with Crippen molar-refractivity contribution in [3.8, 4) is 0 Å². The molecule has 0 spiro atoms. The summed E-state index contributed by atoms with van der Waals surface area (Å²) < 4.78 is 0. The molecule has 3 nitrogen and oxygen atoms in total. The zero-order valence-corrected chi connectivity index (χ0v) is 9.94. The summed E-state index contributed by atoms with van der Waals surface area (Å²) in [6, 6.07) is 15.7. The summed E-state index contributed by atoms with van der Waals surface area (Å²) in [5.41, 5.74) is 4.12. The van der Waals surface area contributed by atoms with Gasteiger partial charge in [0.2, 0.25) is 0 Å². The van der Waals surface area contributed by atoms with Crippen LogP contribution in [0.4, 0.5) is 16.2 Å². The normalized spacial score (nSPS) is 14.1. The highest BCUT2D eigenvalue weighted by molar-refractivity contribution is 6.00. The Labute approximate surface area is 106 Å². The number of aryl methyl sites for hydroxylation is 2. The lowest BCUT2D eigenvalue weighted by Gasteiger charge is -2.09. The quantitative estimate of drug-likeness (QED) is 0.725. The van der Waals surface area contributed by atoms with Crippen LogP contribution in [0, 0.1) is 0 Å². The van der Waals surface area contributed by atoms with Crippen LogP contribution in [0.3, 0.4) is 0 Å². The van der Waals surface area contributed by atoms with Crippen molar-refractivity contribution in [3.05, 3.63) is 59.7 Å². The molecule has 2 aromatic carbocycles. The Kier molecular flexibility index (Phi) is 2.73. The van der Waals surface area contributed by atoms with Crippen molar-refractivity contribution < 1.29 is 4.79 Å². The van der Waals surface area contributed by atoms with Crippen LogP contribution in [0.1, 0.15) is 11.1 Å². The number of fused-ring (bicyclic) bond motifs is 2. The van der Waals surface area contributed by atoms with E-state index >= 15 is 0 Å². The van der Waals surface area contributed by atoms with Crippen molar-refractivity contribution in [1.29, 1.82) is 0 Å². The van der Waals surface area contributed by atoms with Gasteiger partial charge in [-0.15, -0.1) is 0 Å². The van der Waals surface area contributed by atoms with Gasteiger partial charge in [-0.3, -0.25) is 0 Å². The number of benzene rings is 2. The first-order chi connectivity index (χ1) is 8.83. The monoisotopic (exact) mass is 238 g/mol. The van der Waals surface area contributed by atoms with Gasteiger partial charge >= 0.3 is 6.03 Å². The van der Waals surface area contributed by atoms with E-state index in [0.717, 1.165) is 24.2 Å². The highest BCUT2D eigenvalue weighted by Gasteiger charge is 2.12. The number of hydrogen-bond acceptors (Lipinski definition) is 1. The summed E-state index contributed by atoms with van der Waals surface area (Å²) in [7, 11) is 0. The lowest BCUT2D eigenvalue weighted by atomic mass is 10.0. The number of nitrogens with one attached hydrogen (secondary N) is 2. The van der Waals surface area contributed by atoms with Crippen molar-refractivity contribution in [2.75, 3.05) is 10.6 Å².